The van der Waals surface area contributed by atoms with Gasteiger partial charge < -0.3 is 9.67 Å². The number of aromatic nitrogens is 1. The second-order valence-electron chi connectivity index (χ2n) is 5.29. The van der Waals surface area contributed by atoms with Crippen molar-refractivity contribution in [2.75, 3.05) is 6.54 Å². The molecule has 1 unspecified atom stereocenters. The highest BCUT2D eigenvalue weighted by atomic mass is 32.2. The minimum absolute atomic E-state index is 0.0222. The number of nitrogens with zero attached hydrogens (tertiary/aromatic N) is 2. The molecule has 112 valence electrons. The Bertz CT molecular complexity index is 606. The van der Waals surface area contributed by atoms with Crippen LogP contribution in [0.25, 0.3) is 0 Å². The van der Waals surface area contributed by atoms with Crippen molar-refractivity contribution in [3.05, 3.63) is 18.0 Å². The van der Waals surface area contributed by atoms with Crippen molar-refractivity contribution >= 4 is 16.0 Å². The first-order valence-electron chi connectivity index (χ1n) is 6.75. The molecule has 6 nitrogen and oxygen atoms in total. The number of carboxylic acids is 1. The summed E-state index contributed by atoms with van der Waals surface area (Å²) in [6, 6.07) is 1.19. The Morgan fingerprint density at radius 2 is 2.05 bits per heavy atom. The molecule has 0 spiro atoms. The van der Waals surface area contributed by atoms with Gasteiger partial charge in [0.2, 0.25) is 10.0 Å². The normalized spacial score (nSPS) is 21.6. The van der Waals surface area contributed by atoms with Gasteiger partial charge in [-0.05, 0) is 25.8 Å². The molecular formula is C13H20N2O4S. The van der Waals surface area contributed by atoms with Crippen LogP contribution in [-0.4, -0.2) is 41.0 Å². The van der Waals surface area contributed by atoms with Crippen molar-refractivity contribution in [3.8, 4) is 0 Å². The molecule has 0 bridgehead atoms. The van der Waals surface area contributed by atoms with Gasteiger partial charge in [-0.25, -0.2) is 13.2 Å². The van der Waals surface area contributed by atoms with E-state index in [4.69, 9.17) is 5.11 Å². The molecule has 1 atom stereocenters. The Kier molecular flexibility index (Phi) is 4.19. The average molecular weight is 300 g/mol. The molecule has 20 heavy (non-hydrogen) atoms. The molecule has 2 rings (SSSR count). The molecule has 7 heteroatoms. The van der Waals surface area contributed by atoms with Gasteiger partial charge in [0.25, 0.3) is 0 Å². The Labute approximate surface area is 119 Å². The second-order valence-corrected chi connectivity index (χ2v) is 7.18. The first-order chi connectivity index (χ1) is 9.34. The standard InChI is InChI=1S/C13H20N2O4S/c1-10-6-4-3-5-7-15(10)20(18,19)11-8-12(13(16)17)14(2)9-11/h8-10H,3-7H2,1-2H3,(H,16,17). The summed E-state index contributed by atoms with van der Waals surface area (Å²) in [5.74, 6) is -1.13. The van der Waals surface area contributed by atoms with Crippen LogP contribution in [0.4, 0.5) is 0 Å². The van der Waals surface area contributed by atoms with Gasteiger partial charge in [-0.3, -0.25) is 0 Å². The highest BCUT2D eigenvalue weighted by Crippen LogP contribution is 2.25. The van der Waals surface area contributed by atoms with E-state index in [9.17, 15) is 13.2 Å². The monoisotopic (exact) mass is 300 g/mol. The fourth-order valence-electron chi connectivity index (χ4n) is 2.63. The topological polar surface area (TPSA) is 79.6 Å². The lowest BCUT2D eigenvalue weighted by atomic mass is 10.1. The van der Waals surface area contributed by atoms with E-state index in [0.717, 1.165) is 25.7 Å². The molecule has 1 aliphatic heterocycles. The lowest BCUT2D eigenvalue weighted by molar-refractivity contribution is 0.0686. The molecule has 1 aliphatic rings. The summed E-state index contributed by atoms with van der Waals surface area (Å²) in [7, 11) is -2.08. The number of aromatic carboxylic acids is 1. The van der Waals surface area contributed by atoms with E-state index < -0.39 is 16.0 Å². The van der Waals surface area contributed by atoms with Gasteiger partial charge in [0.15, 0.2) is 0 Å². The number of aryl methyl sites for hydroxylation is 1. The van der Waals surface area contributed by atoms with Crippen LogP contribution in [0.1, 0.15) is 43.1 Å². The van der Waals surface area contributed by atoms with Gasteiger partial charge in [-0.15, -0.1) is 0 Å². The predicted molar refractivity (Wildman–Crippen MR) is 74.2 cm³/mol. The summed E-state index contributed by atoms with van der Waals surface area (Å²) < 4.78 is 28.1. The Balaban J connectivity index is 2.38. The number of hydrogen-bond donors (Lipinski definition) is 1. The molecule has 2 heterocycles. The van der Waals surface area contributed by atoms with Crippen molar-refractivity contribution in [3.63, 3.8) is 0 Å². The fourth-order valence-corrected chi connectivity index (χ4v) is 4.40. The molecule has 0 amide bonds. The van der Waals surface area contributed by atoms with Crippen LogP contribution in [-0.2, 0) is 17.1 Å². The average Bonchev–Trinajstić information content (AvgIpc) is 2.62. The molecular weight excluding hydrogens is 280 g/mol. The summed E-state index contributed by atoms with van der Waals surface area (Å²) in [5.41, 5.74) is -0.0222. The van der Waals surface area contributed by atoms with Gasteiger partial charge in [-0.1, -0.05) is 12.8 Å². The third-order valence-electron chi connectivity index (χ3n) is 3.80. The van der Waals surface area contributed by atoms with E-state index >= 15 is 0 Å². The van der Waals surface area contributed by atoms with Crippen molar-refractivity contribution in [1.29, 1.82) is 0 Å². The van der Waals surface area contributed by atoms with Gasteiger partial charge in [0.1, 0.15) is 10.6 Å². The first-order valence-corrected chi connectivity index (χ1v) is 8.19. The van der Waals surface area contributed by atoms with E-state index in [0.29, 0.717) is 6.54 Å². The van der Waals surface area contributed by atoms with Crippen molar-refractivity contribution in [2.24, 2.45) is 7.05 Å². The van der Waals surface area contributed by atoms with Crippen LogP contribution >= 0.6 is 0 Å². The molecule has 1 aromatic rings. The lowest BCUT2D eigenvalue weighted by Crippen LogP contribution is -2.38. The molecule has 0 radical (unpaired) electrons. The maximum atomic E-state index is 12.7. The molecule has 0 saturated carbocycles. The minimum Gasteiger partial charge on any atom is -0.477 e. The van der Waals surface area contributed by atoms with Crippen LogP contribution in [0.2, 0.25) is 0 Å². The SMILES string of the molecule is CC1CCCCCN1S(=O)(=O)c1cc(C(=O)O)n(C)c1. The third kappa shape index (κ3) is 2.73. The number of hydrogen-bond acceptors (Lipinski definition) is 3. The van der Waals surface area contributed by atoms with Crippen LogP contribution < -0.4 is 0 Å². The number of carboxylic acid groups (broad SMARTS) is 1. The minimum atomic E-state index is -3.62. The quantitative estimate of drug-likeness (QED) is 0.921. The zero-order chi connectivity index (χ0) is 14.9. The summed E-state index contributed by atoms with van der Waals surface area (Å²) in [4.78, 5) is 11.1. The number of rotatable bonds is 3. The summed E-state index contributed by atoms with van der Waals surface area (Å²) in [6.45, 7) is 2.41. The van der Waals surface area contributed by atoms with Crippen LogP contribution in [0.3, 0.4) is 0 Å². The summed E-state index contributed by atoms with van der Waals surface area (Å²) in [6.07, 6.45) is 5.13. The highest BCUT2D eigenvalue weighted by molar-refractivity contribution is 7.89. The Morgan fingerprint density at radius 3 is 2.65 bits per heavy atom. The van der Waals surface area contributed by atoms with E-state index in [-0.39, 0.29) is 16.6 Å². The van der Waals surface area contributed by atoms with E-state index in [2.05, 4.69) is 0 Å². The summed E-state index contributed by atoms with van der Waals surface area (Å²) in [5, 5.41) is 9.02. The molecule has 1 N–H and O–H groups in total. The number of sulfonamides is 1. The zero-order valence-electron chi connectivity index (χ0n) is 11.7. The molecule has 1 aromatic heterocycles. The van der Waals surface area contributed by atoms with Gasteiger partial charge in [0, 0.05) is 25.8 Å². The molecule has 1 fully saturated rings. The maximum Gasteiger partial charge on any atom is 0.352 e. The zero-order valence-corrected chi connectivity index (χ0v) is 12.6. The van der Waals surface area contributed by atoms with Crippen LogP contribution in [0, 0.1) is 0 Å². The largest absolute Gasteiger partial charge is 0.477 e. The fraction of sp³-hybridized carbons (Fsp3) is 0.615. The van der Waals surface area contributed by atoms with E-state index in [1.807, 2.05) is 6.92 Å². The predicted octanol–water partition coefficient (Wildman–Crippen LogP) is 1.68. The van der Waals surface area contributed by atoms with E-state index in [1.165, 1.54) is 28.2 Å². The van der Waals surface area contributed by atoms with Gasteiger partial charge >= 0.3 is 5.97 Å². The van der Waals surface area contributed by atoms with Crippen molar-refractivity contribution in [1.82, 2.24) is 8.87 Å². The number of carbonyl (C=O) groups is 1. The van der Waals surface area contributed by atoms with Crippen LogP contribution in [0.15, 0.2) is 17.2 Å². The van der Waals surface area contributed by atoms with Crippen molar-refractivity contribution in [2.45, 2.75) is 43.5 Å². The molecule has 0 aromatic carbocycles. The van der Waals surface area contributed by atoms with E-state index in [1.54, 1.807) is 0 Å². The molecule has 1 saturated heterocycles. The maximum absolute atomic E-state index is 12.7. The smallest absolute Gasteiger partial charge is 0.352 e. The first kappa shape index (κ1) is 15.1. The van der Waals surface area contributed by atoms with Crippen molar-refractivity contribution < 1.29 is 18.3 Å². The highest BCUT2D eigenvalue weighted by Gasteiger charge is 2.31. The van der Waals surface area contributed by atoms with Gasteiger partial charge in [0.05, 0.1) is 0 Å². The Hall–Kier alpha value is -1.34. The summed E-state index contributed by atoms with van der Waals surface area (Å²) >= 11 is 0. The third-order valence-corrected chi connectivity index (χ3v) is 5.78. The lowest BCUT2D eigenvalue weighted by Gasteiger charge is -2.25. The second kappa shape index (κ2) is 5.57. The van der Waals surface area contributed by atoms with Crippen LogP contribution in [0.5, 0.6) is 0 Å². The van der Waals surface area contributed by atoms with Gasteiger partial charge in [-0.2, -0.15) is 4.31 Å². The Morgan fingerprint density at radius 1 is 1.35 bits per heavy atom. The molecule has 0 aliphatic carbocycles.